The first-order valence-corrected chi connectivity index (χ1v) is 8.23. The van der Waals surface area contributed by atoms with Gasteiger partial charge in [-0.1, -0.05) is 0 Å². The van der Waals surface area contributed by atoms with Crippen LogP contribution in [0.5, 0.6) is 11.5 Å². The van der Waals surface area contributed by atoms with Gasteiger partial charge in [0.1, 0.15) is 11.6 Å². The van der Waals surface area contributed by atoms with E-state index in [0.29, 0.717) is 18.2 Å². The Kier molecular flexibility index (Phi) is 5.35. The molecule has 0 N–H and O–H groups in total. The molecule has 146 valence electrons. The van der Waals surface area contributed by atoms with Crippen molar-refractivity contribution in [3.8, 4) is 11.5 Å². The molecule has 2 aromatic carbocycles. The van der Waals surface area contributed by atoms with Crippen molar-refractivity contribution in [2.45, 2.75) is 16.8 Å². The van der Waals surface area contributed by atoms with Crippen LogP contribution in [-0.2, 0) is 16.0 Å². The van der Waals surface area contributed by atoms with E-state index in [2.05, 4.69) is 0 Å². The highest BCUT2D eigenvalue weighted by Gasteiger charge is 2.35. The molecule has 0 aliphatic heterocycles. The Bertz CT molecular complexity index is 990. The van der Waals surface area contributed by atoms with Crippen LogP contribution in [0.15, 0.2) is 41.3 Å². The fourth-order valence-electron chi connectivity index (χ4n) is 1.92. The van der Waals surface area contributed by atoms with E-state index in [1.807, 2.05) is 0 Å². The quantitative estimate of drug-likeness (QED) is 0.407. The number of halogens is 6. The van der Waals surface area contributed by atoms with Gasteiger partial charge >= 0.3 is 17.6 Å². The SMILES string of the molecule is O=[N+]([O-])c1cc(S(=O)(=O)C(F)F)ccc1Oc1ccc(F)c(C(F)(F)F)c1. The fourth-order valence-corrected chi connectivity index (χ4v) is 2.66. The Morgan fingerprint density at radius 3 is 2.22 bits per heavy atom. The van der Waals surface area contributed by atoms with Gasteiger partial charge in [0.2, 0.25) is 15.6 Å². The normalized spacial score (nSPS) is 12.3. The van der Waals surface area contributed by atoms with Crippen molar-refractivity contribution < 1.29 is 44.4 Å². The lowest BCUT2D eigenvalue weighted by Crippen LogP contribution is -2.11. The van der Waals surface area contributed by atoms with Gasteiger partial charge < -0.3 is 4.74 Å². The lowest BCUT2D eigenvalue weighted by molar-refractivity contribution is -0.385. The van der Waals surface area contributed by atoms with Crippen LogP contribution >= 0.6 is 0 Å². The number of nitro groups is 1. The van der Waals surface area contributed by atoms with Crippen LogP contribution in [0.2, 0.25) is 0 Å². The minimum Gasteiger partial charge on any atom is -0.450 e. The highest BCUT2D eigenvalue weighted by Crippen LogP contribution is 2.38. The average molecular weight is 415 g/mol. The van der Waals surface area contributed by atoms with E-state index in [9.17, 15) is 44.9 Å². The first-order chi connectivity index (χ1) is 12.3. The molecular weight excluding hydrogens is 408 g/mol. The van der Waals surface area contributed by atoms with Crippen molar-refractivity contribution >= 4 is 15.5 Å². The molecule has 0 spiro atoms. The highest BCUT2D eigenvalue weighted by atomic mass is 32.2. The molecule has 6 nitrogen and oxygen atoms in total. The molecule has 0 fully saturated rings. The van der Waals surface area contributed by atoms with E-state index in [4.69, 9.17) is 4.74 Å². The standard InChI is InChI=1S/C14H7F6NO5S/c15-10-3-1-7(5-9(10)14(18,19)20)26-12-4-2-8(6-11(12)21(22)23)27(24,25)13(16)17/h1-6,13H. The molecule has 0 aliphatic carbocycles. The minimum atomic E-state index is -5.15. The molecule has 2 aromatic rings. The Balaban J connectivity index is 2.50. The molecule has 0 saturated carbocycles. The van der Waals surface area contributed by atoms with E-state index in [1.54, 1.807) is 0 Å². The predicted octanol–water partition coefficient (Wildman–Crippen LogP) is 4.54. The second kappa shape index (κ2) is 7.06. The number of nitro benzene ring substituents is 1. The van der Waals surface area contributed by atoms with Gasteiger partial charge in [0.25, 0.3) is 0 Å². The molecule has 2 rings (SSSR count). The van der Waals surface area contributed by atoms with Crippen molar-refractivity contribution in [3.05, 3.63) is 57.9 Å². The van der Waals surface area contributed by atoms with E-state index in [1.165, 1.54) is 0 Å². The van der Waals surface area contributed by atoms with Gasteiger partial charge in [0.15, 0.2) is 0 Å². The summed E-state index contributed by atoms with van der Waals surface area (Å²) in [5, 5.41) is 11.0. The summed E-state index contributed by atoms with van der Waals surface area (Å²) in [5.41, 5.74) is -2.78. The van der Waals surface area contributed by atoms with Gasteiger partial charge in [-0.05, 0) is 30.3 Å². The second-order valence-electron chi connectivity index (χ2n) is 4.93. The maximum atomic E-state index is 13.3. The third-order valence-electron chi connectivity index (χ3n) is 3.16. The third kappa shape index (κ3) is 4.30. The topological polar surface area (TPSA) is 86.5 Å². The molecule has 13 heteroatoms. The van der Waals surface area contributed by atoms with Crippen molar-refractivity contribution in [1.82, 2.24) is 0 Å². The van der Waals surface area contributed by atoms with Crippen LogP contribution in [0.4, 0.5) is 32.0 Å². The fraction of sp³-hybridized carbons (Fsp3) is 0.143. The summed E-state index contributed by atoms with van der Waals surface area (Å²) >= 11 is 0. The summed E-state index contributed by atoms with van der Waals surface area (Å²) in [6.07, 6.45) is -5.06. The van der Waals surface area contributed by atoms with Gasteiger partial charge in [0, 0.05) is 6.07 Å². The van der Waals surface area contributed by atoms with Crippen LogP contribution in [0, 0.1) is 15.9 Å². The lowest BCUT2D eigenvalue weighted by Gasteiger charge is -2.12. The predicted molar refractivity (Wildman–Crippen MR) is 77.8 cm³/mol. The Hall–Kier alpha value is -2.83. The number of sulfone groups is 1. The van der Waals surface area contributed by atoms with E-state index >= 15 is 0 Å². The summed E-state index contributed by atoms with van der Waals surface area (Å²) in [4.78, 5) is 8.79. The smallest absolute Gasteiger partial charge is 0.419 e. The molecule has 0 unspecified atom stereocenters. The lowest BCUT2D eigenvalue weighted by atomic mass is 10.2. The molecule has 0 radical (unpaired) electrons. The zero-order chi connectivity index (χ0) is 20.6. The molecule has 0 atom stereocenters. The molecule has 0 saturated heterocycles. The first kappa shape index (κ1) is 20.5. The first-order valence-electron chi connectivity index (χ1n) is 6.69. The Labute approximate surface area is 147 Å². The average Bonchev–Trinajstić information content (AvgIpc) is 2.55. The van der Waals surface area contributed by atoms with Crippen LogP contribution < -0.4 is 4.74 Å². The number of rotatable bonds is 5. The number of nitrogens with zero attached hydrogens (tertiary/aromatic N) is 1. The molecule has 0 bridgehead atoms. The molecule has 27 heavy (non-hydrogen) atoms. The van der Waals surface area contributed by atoms with E-state index < -0.39 is 60.2 Å². The van der Waals surface area contributed by atoms with Gasteiger partial charge in [-0.25, -0.2) is 12.8 Å². The van der Waals surface area contributed by atoms with E-state index in [-0.39, 0.29) is 12.1 Å². The van der Waals surface area contributed by atoms with Crippen molar-refractivity contribution in [1.29, 1.82) is 0 Å². The van der Waals surface area contributed by atoms with Crippen LogP contribution in [-0.4, -0.2) is 19.1 Å². The van der Waals surface area contributed by atoms with E-state index in [0.717, 1.165) is 6.07 Å². The monoisotopic (exact) mass is 415 g/mol. The summed E-state index contributed by atoms with van der Waals surface area (Å²) in [7, 11) is -5.15. The minimum absolute atomic E-state index is 0.239. The van der Waals surface area contributed by atoms with Crippen molar-refractivity contribution in [3.63, 3.8) is 0 Å². The summed E-state index contributed by atoms with van der Waals surface area (Å²) < 4.78 is 104. The number of hydrogen-bond acceptors (Lipinski definition) is 5. The van der Waals surface area contributed by atoms with Gasteiger partial charge in [-0.15, -0.1) is 0 Å². The number of ether oxygens (including phenoxy) is 1. The molecule has 0 aliphatic rings. The molecule has 0 aromatic heterocycles. The second-order valence-corrected chi connectivity index (χ2v) is 6.85. The molecule has 0 amide bonds. The van der Waals surface area contributed by atoms with Gasteiger partial charge in [0.05, 0.1) is 15.4 Å². The maximum Gasteiger partial charge on any atom is 0.419 e. The summed E-state index contributed by atoms with van der Waals surface area (Å²) in [6, 6.07) is 2.88. The highest BCUT2D eigenvalue weighted by molar-refractivity contribution is 7.91. The zero-order valence-electron chi connectivity index (χ0n) is 12.7. The van der Waals surface area contributed by atoms with Gasteiger partial charge in [-0.2, -0.15) is 22.0 Å². The maximum absolute atomic E-state index is 13.3. The van der Waals surface area contributed by atoms with Crippen molar-refractivity contribution in [2.75, 3.05) is 0 Å². The number of benzene rings is 2. The third-order valence-corrected chi connectivity index (χ3v) is 4.54. The summed E-state index contributed by atoms with van der Waals surface area (Å²) in [5.74, 6) is -6.82. The van der Waals surface area contributed by atoms with Crippen LogP contribution in [0.25, 0.3) is 0 Å². The number of alkyl halides is 5. The Morgan fingerprint density at radius 1 is 1.07 bits per heavy atom. The summed E-state index contributed by atoms with van der Waals surface area (Å²) in [6.45, 7) is 0. The largest absolute Gasteiger partial charge is 0.450 e. The van der Waals surface area contributed by atoms with Crippen LogP contribution in [0.1, 0.15) is 5.56 Å². The van der Waals surface area contributed by atoms with Crippen LogP contribution in [0.3, 0.4) is 0 Å². The molecule has 0 heterocycles. The van der Waals surface area contributed by atoms with Crippen molar-refractivity contribution in [2.24, 2.45) is 0 Å². The molecular formula is C14H7F6NO5S. The Morgan fingerprint density at radius 2 is 1.70 bits per heavy atom. The number of hydrogen-bond donors (Lipinski definition) is 0. The van der Waals surface area contributed by atoms with Gasteiger partial charge in [-0.3, -0.25) is 10.1 Å². The zero-order valence-corrected chi connectivity index (χ0v) is 13.5.